The summed E-state index contributed by atoms with van der Waals surface area (Å²) in [4.78, 5) is 4.50. The molecule has 5 rings (SSSR count). The Labute approximate surface area is 115 Å². The van der Waals surface area contributed by atoms with Crippen molar-refractivity contribution in [1.29, 1.82) is 0 Å². The van der Waals surface area contributed by atoms with Crippen molar-refractivity contribution in [2.45, 2.75) is 51.6 Å². The van der Waals surface area contributed by atoms with E-state index in [1.807, 2.05) is 13.4 Å². The van der Waals surface area contributed by atoms with Crippen LogP contribution >= 0.6 is 0 Å². The van der Waals surface area contributed by atoms with Crippen LogP contribution < -0.4 is 5.32 Å². The van der Waals surface area contributed by atoms with Gasteiger partial charge in [0.05, 0.1) is 12.0 Å². The third-order valence-electron chi connectivity index (χ3n) is 5.73. The van der Waals surface area contributed by atoms with Gasteiger partial charge in [-0.3, -0.25) is 0 Å². The van der Waals surface area contributed by atoms with E-state index in [1.165, 1.54) is 50.8 Å². The first-order chi connectivity index (χ1) is 9.25. The highest BCUT2D eigenvalue weighted by Crippen LogP contribution is 2.60. The smallest absolute Gasteiger partial charge is 0.0950 e. The van der Waals surface area contributed by atoms with E-state index >= 15 is 0 Å². The third-order valence-corrected chi connectivity index (χ3v) is 5.73. The van der Waals surface area contributed by atoms with Crippen LogP contribution in [0, 0.1) is 23.2 Å². The van der Waals surface area contributed by atoms with Crippen molar-refractivity contribution in [2.75, 3.05) is 7.05 Å². The van der Waals surface area contributed by atoms with Gasteiger partial charge in [-0.15, -0.1) is 0 Å². The van der Waals surface area contributed by atoms with Crippen molar-refractivity contribution in [3.05, 3.63) is 18.2 Å². The molecule has 0 radical (unpaired) electrons. The first-order valence-corrected chi connectivity index (χ1v) is 7.90. The van der Waals surface area contributed by atoms with Crippen molar-refractivity contribution in [3.63, 3.8) is 0 Å². The minimum atomic E-state index is 0.617. The summed E-state index contributed by atoms with van der Waals surface area (Å²) in [6.45, 7) is 2.10. The maximum absolute atomic E-state index is 4.50. The first-order valence-electron chi connectivity index (χ1n) is 7.90. The minimum Gasteiger partial charge on any atom is -0.337 e. The van der Waals surface area contributed by atoms with E-state index in [-0.39, 0.29) is 0 Å². The van der Waals surface area contributed by atoms with Crippen LogP contribution in [0.4, 0.5) is 0 Å². The SMILES string of the molecule is CNCc1cn(CC23CC4CC(CC(C4)C2)C3)cn1. The Hall–Kier alpha value is -0.830. The second-order valence-electron chi connectivity index (χ2n) is 7.49. The zero-order chi connectivity index (χ0) is 12.9. The van der Waals surface area contributed by atoms with Crippen LogP contribution in [0.2, 0.25) is 0 Å². The van der Waals surface area contributed by atoms with E-state index in [0.717, 1.165) is 24.3 Å². The lowest BCUT2D eigenvalue weighted by atomic mass is 9.49. The highest BCUT2D eigenvalue weighted by atomic mass is 15.1. The molecule has 0 unspecified atom stereocenters. The summed E-state index contributed by atoms with van der Waals surface area (Å²) < 4.78 is 2.36. The predicted molar refractivity (Wildman–Crippen MR) is 75.6 cm³/mol. The molecule has 4 aliphatic carbocycles. The van der Waals surface area contributed by atoms with Gasteiger partial charge in [0.15, 0.2) is 0 Å². The molecule has 3 heteroatoms. The van der Waals surface area contributed by atoms with Gasteiger partial charge in [-0.1, -0.05) is 0 Å². The fourth-order valence-corrected chi connectivity index (χ4v) is 5.64. The Morgan fingerprint density at radius 1 is 1.21 bits per heavy atom. The van der Waals surface area contributed by atoms with E-state index in [2.05, 4.69) is 21.1 Å². The fraction of sp³-hybridized carbons (Fsp3) is 0.812. The van der Waals surface area contributed by atoms with Gasteiger partial charge < -0.3 is 9.88 Å². The number of rotatable bonds is 4. The molecule has 4 aliphatic rings. The average molecular weight is 259 g/mol. The number of hydrogen-bond acceptors (Lipinski definition) is 2. The molecule has 4 bridgehead atoms. The topological polar surface area (TPSA) is 29.9 Å². The van der Waals surface area contributed by atoms with Gasteiger partial charge in [-0.05, 0) is 68.7 Å². The third kappa shape index (κ3) is 2.12. The normalized spacial score (nSPS) is 39.9. The molecule has 1 aromatic rings. The van der Waals surface area contributed by atoms with Crippen LogP contribution in [-0.4, -0.2) is 16.6 Å². The largest absolute Gasteiger partial charge is 0.337 e. The molecule has 0 atom stereocenters. The lowest BCUT2D eigenvalue weighted by molar-refractivity contribution is -0.0619. The molecule has 4 saturated carbocycles. The van der Waals surface area contributed by atoms with Gasteiger partial charge in [-0.25, -0.2) is 4.98 Å². The fourth-order valence-electron chi connectivity index (χ4n) is 5.64. The van der Waals surface area contributed by atoms with Crippen molar-refractivity contribution < 1.29 is 0 Å². The first kappa shape index (κ1) is 12.0. The molecule has 0 amide bonds. The van der Waals surface area contributed by atoms with Crippen molar-refractivity contribution in [1.82, 2.24) is 14.9 Å². The number of imidazole rings is 1. The Bertz CT molecular complexity index is 427. The number of nitrogens with zero attached hydrogens (tertiary/aromatic N) is 2. The number of hydrogen-bond donors (Lipinski definition) is 1. The molecule has 1 heterocycles. The summed E-state index contributed by atoms with van der Waals surface area (Å²) in [6, 6.07) is 0. The van der Waals surface area contributed by atoms with Gasteiger partial charge in [0, 0.05) is 19.3 Å². The second-order valence-corrected chi connectivity index (χ2v) is 7.49. The lowest BCUT2D eigenvalue weighted by Gasteiger charge is -2.57. The molecule has 0 spiro atoms. The second kappa shape index (κ2) is 4.34. The maximum Gasteiger partial charge on any atom is 0.0950 e. The standard InChI is InChI=1S/C16H25N3/c1-17-8-15-9-19(11-18-15)10-16-5-12-2-13(6-16)4-14(3-12)7-16/h9,11-14,17H,2-8,10H2,1H3. The molecule has 0 aromatic carbocycles. The van der Waals surface area contributed by atoms with Gasteiger partial charge in [-0.2, -0.15) is 0 Å². The summed E-state index contributed by atoms with van der Waals surface area (Å²) in [5.41, 5.74) is 1.79. The zero-order valence-corrected chi connectivity index (χ0v) is 11.9. The Morgan fingerprint density at radius 3 is 2.42 bits per heavy atom. The Morgan fingerprint density at radius 2 is 1.84 bits per heavy atom. The van der Waals surface area contributed by atoms with E-state index in [4.69, 9.17) is 0 Å². The molecule has 1 N–H and O–H groups in total. The van der Waals surface area contributed by atoms with Gasteiger partial charge in [0.25, 0.3) is 0 Å². The predicted octanol–water partition coefficient (Wildman–Crippen LogP) is 2.82. The van der Waals surface area contributed by atoms with Crippen LogP contribution in [0.3, 0.4) is 0 Å². The number of nitrogens with one attached hydrogen (secondary N) is 1. The molecule has 0 aliphatic heterocycles. The van der Waals surface area contributed by atoms with Gasteiger partial charge in [0.2, 0.25) is 0 Å². The summed E-state index contributed by atoms with van der Waals surface area (Å²) in [5, 5.41) is 3.18. The molecular weight excluding hydrogens is 234 g/mol. The van der Waals surface area contributed by atoms with Crippen molar-refractivity contribution in [2.24, 2.45) is 23.2 Å². The van der Waals surface area contributed by atoms with Crippen LogP contribution in [0.15, 0.2) is 12.5 Å². The molecule has 3 nitrogen and oxygen atoms in total. The average Bonchev–Trinajstić information content (AvgIpc) is 2.74. The van der Waals surface area contributed by atoms with E-state index in [1.54, 1.807) is 0 Å². The molecule has 19 heavy (non-hydrogen) atoms. The van der Waals surface area contributed by atoms with E-state index in [0.29, 0.717) is 5.41 Å². The zero-order valence-electron chi connectivity index (χ0n) is 11.9. The van der Waals surface area contributed by atoms with Gasteiger partial charge >= 0.3 is 0 Å². The van der Waals surface area contributed by atoms with Crippen LogP contribution in [0.25, 0.3) is 0 Å². The minimum absolute atomic E-state index is 0.617. The maximum atomic E-state index is 4.50. The van der Waals surface area contributed by atoms with E-state index in [9.17, 15) is 0 Å². The summed E-state index contributed by atoms with van der Waals surface area (Å²) >= 11 is 0. The Kier molecular flexibility index (Phi) is 2.73. The van der Waals surface area contributed by atoms with E-state index < -0.39 is 0 Å². The molecule has 0 saturated heterocycles. The summed E-state index contributed by atoms with van der Waals surface area (Å²) in [6.07, 6.45) is 13.4. The molecule has 4 fully saturated rings. The number of aromatic nitrogens is 2. The molecular formula is C16H25N3. The van der Waals surface area contributed by atoms with Gasteiger partial charge in [0.1, 0.15) is 0 Å². The highest BCUT2D eigenvalue weighted by molar-refractivity contribution is 5.03. The van der Waals surface area contributed by atoms with Crippen LogP contribution in [0.1, 0.15) is 44.2 Å². The lowest BCUT2D eigenvalue weighted by Crippen LogP contribution is -2.47. The monoisotopic (exact) mass is 259 g/mol. The summed E-state index contributed by atoms with van der Waals surface area (Å²) in [5.74, 6) is 3.14. The highest BCUT2D eigenvalue weighted by Gasteiger charge is 2.50. The molecule has 1 aromatic heterocycles. The van der Waals surface area contributed by atoms with Crippen molar-refractivity contribution >= 4 is 0 Å². The quantitative estimate of drug-likeness (QED) is 0.901. The molecule has 104 valence electrons. The van der Waals surface area contributed by atoms with Crippen LogP contribution in [0.5, 0.6) is 0 Å². The van der Waals surface area contributed by atoms with Crippen molar-refractivity contribution in [3.8, 4) is 0 Å². The Balaban J connectivity index is 1.52. The summed E-state index contributed by atoms with van der Waals surface area (Å²) in [7, 11) is 1.98. The van der Waals surface area contributed by atoms with Crippen LogP contribution in [-0.2, 0) is 13.1 Å².